The third-order valence-corrected chi connectivity index (χ3v) is 5.30. The summed E-state index contributed by atoms with van der Waals surface area (Å²) in [5.41, 5.74) is -0.263. The van der Waals surface area contributed by atoms with Crippen LogP contribution in [0.25, 0.3) is 0 Å². The molecule has 0 radical (unpaired) electrons. The van der Waals surface area contributed by atoms with Gasteiger partial charge in [0.05, 0.1) is 22.5 Å². The molecule has 0 aromatic rings. The molecule has 0 N–H and O–H groups in total. The van der Waals surface area contributed by atoms with Crippen molar-refractivity contribution < 1.29 is 14.2 Å². The Bertz CT molecular complexity index is 218. The summed E-state index contributed by atoms with van der Waals surface area (Å²) in [6.45, 7) is 0. The molecule has 0 aromatic heterocycles. The minimum atomic E-state index is -0.263. The average molecular weight is 230 g/mol. The lowest BCUT2D eigenvalue weighted by Gasteiger charge is -2.29. The quantitative estimate of drug-likeness (QED) is 0.395. The van der Waals surface area contributed by atoms with Crippen LogP contribution < -0.4 is 0 Å². The van der Waals surface area contributed by atoms with Crippen LogP contribution in [0.2, 0.25) is 0 Å². The highest BCUT2D eigenvalue weighted by atomic mass is 28.1. The second-order valence-electron chi connectivity index (χ2n) is 4.97. The van der Waals surface area contributed by atoms with Gasteiger partial charge in [0, 0.05) is 14.2 Å². The van der Waals surface area contributed by atoms with Gasteiger partial charge in [-0.1, -0.05) is 0 Å². The first-order valence-corrected chi connectivity index (χ1v) is 6.92. The Kier molecular flexibility index (Phi) is 3.50. The van der Waals surface area contributed by atoms with E-state index in [0.29, 0.717) is 12.2 Å². The summed E-state index contributed by atoms with van der Waals surface area (Å²) >= 11 is 0. The lowest BCUT2D eigenvalue weighted by Crippen LogP contribution is -2.35. The molecule has 1 heterocycles. The van der Waals surface area contributed by atoms with Crippen molar-refractivity contribution in [3.63, 3.8) is 0 Å². The van der Waals surface area contributed by atoms with Crippen LogP contribution in [0.1, 0.15) is 32.1 Å². The summed E-state index contributed by atoms with van der Waals surface area (Å²) in [6.07, 6.45) is 7.32. The van der Waals surface area contributed by atoms with Crippen molar-refractivity contribution >= 4 is 10.2 Å². The topological polar surface area (TPSA) is 31.0 Å². The maximum atomic E-state index is 5.54. The van der Waals surface area contributed by atoms with Crippen molar-refractivity contribution in [2.75, 3.05) is 14.2 Å². The van der Waals surface area contributed by atoms with Gasteiger partial charge in [0.15, 0.2) is 0 Å². The van der Waals surface area contributed by atoms with Gasteiger partial charge in [-0.05, 0) is 38.0 Å². The molecular formula is C11H22O3Si. The normalized spacial score (nSPS) is 35.2. The van der Waals surface area contributed by atoms with Gasteiger partial charge in [0.1, 0.15) is 5.41 Å². The van der Waals surface area contributed by atoms with Crippen LogP contribution in [0.3, 0.4) is 0 Å². The summed E-state index contributed by atoms with van der Waals surface area (Å²) in [5, 5.41) is 0. The molecule has 0 bridgehead atoms. The largest absolute Gasteiger partial charge is 0.370 e. The first-order valence-electron chi connectivity index (χ1n) is 5.92. The van der Waals surface area contributed by atoms with E-state index in [9.17, 15) is 0 Å². The molecule has 88 valence electrons. The first-order chi connectivity index (χ1) is 7.17. The fourth-order valence-corrected chi connectivity index (χ4v) is 2.79. The maximum Gasteiger partial charge on any atom is 0.140 e. The monoisotopic (exact) mass is 230 g/mol. The third kappa shape index (κ3) is 2.81. The van der Waals surface area contributed by atoms with Crippen LogP contribution in [0.4, 0.5) is 0 Å². The number of methoxy groups -OCH3 is 2. The molecule has 15 heavy (non-hydrogen) atoms. The number of hydrogen-bond donors (Lipinski definition) is 0. The summed E-state index contributed by atoms with van der Waals surface area (Å²) in [4.78, 5) is 0. The van der Waals surface area contributed by atoms with E-state index in [2.05, 4.69) is 0 Å². The van der Waals surface area contributed by atoms with Gasteiger partial charge in [0.2, 0.25) is 0 Å². The molecule has 1 saturated carbocycles. The molecule has 1 aliphatic heterocycles. The van der Waals surface area contributed by atoms with Crippen molar-refractivity contribution in [3.8, 4) is 0 Å². The minimum absolute atomic E-state index is 0.263. The number of epoxide rings is 1. The van der Waals surface area contributed by atoms with Gasteiger partial charge in [-0.25, -0.2) is 0 Å². The van der Waals surface area contributed by atoms with E-state index >= 15 is 0 Å². The predicted molar refractivity (Wildman–Crippen MR) is 61.9 cm³/mol. The highest BCUT2D eigenvalue weighted by molar-refractivity contribution is 6.13. The Morgan fingerprint density at radius 3 is 2.60 bits per heavy atom. The second-order valence-corrected chi connectivity index (χ2v) is 6.50. The van der Waals surface area contributed by atoms with Gasteiger partial charge >= 0.3 is 0 Å². The van der Waals surface area contributed by atoms with Crippen LogP contribution in [0.15, 0.2) is 0 Å². The van der Waals surface area contributed by atoms with Crippen molar-refractivity contribution in [3.05, 3.63) is 0 Å². The van der Waals surface area contributed by atoms with E-state index in [-0.39, 0.29) is 5.41 Å². The molecule has 2 aliphatic rings. The molecular weight excluding hydrogens is 208 g/mol. The molecule has 2 fully saturated rings. The Morgan fingerprint density at radius 2 is 2.00 bits per heavy atom. The SMILES string of the molecule is COC([SiH3])(CCC1CCC2OC2C1)OC. The van der Waals surface area contributed by atoms with Crippen LogP contribution in [-0.2, 0) is 14.2 Å². The molecule has 0 spiro atoms. The molecule has 3 unspecified atom stereocenters. The summed E-state index contributed by atoms with van der Waals surface area (Å²) < 4.78 is 16.4. The number of hydrogen-bond acceptors (Lipinski definition) is 3. The number of rotatable bonds is 5. The van der Waals surface area contributed by atoms with Gasteiger partial charge in [-0.2, -0.15) is 0 Å². The molecule has 2 rings (SSSR count). The molecule has 0 aromatic carbocycles. The zero-order valence-electron chi connectivity index (χ0n) is 9.99. The van der Waals surface area contributed by atoms with Crippen LogP contribution in [0, 0.1) is 5.92 Å². The van der Waals surface area contributed by atoms with Crippen LogP contribution >= 0.6 is 0 Å². The molecule has 1 saturated heterocycles. The molecule has 4 heteroatoms. The summed E-state index contributed by atoms with van der Waals surface area (Å²) in [6, 6.07) is 0. The van der Waals surface area contributed by atoms with Crippen molar-refractivity contribution in [2.45, 2.75) is 49.7 Å². The van der Waals surface area contributed by atoms with Crippen molar-refractivity contribution in [2.24, 2.45) is 5.92 Å². The van der Waals surface area contributed by atoms with Gasteiger partial charge in [-0.3, -0.25) is 0 Å². The molecule has 3 nitrogen and oxygen atoms in total. The summed E-state index contributed by atoms with van der Waals surface area (Å²) in [5.74, 6) is 0.826. The molecule has 1 aliphatic carbocycles. The zero-order valence-corrected chi connectivity index (χ0v) is 12.0. The third-order valence-electron chi connectivity index (χ3n) is 3.98. The van der Waals surface area contributed by atoms with Crippen LogP contribution in [-0.4, -0.2) is 42.1 Å². The minimum Gasteiger partial charge on any atom is -0.370 e. The van der Waals surface area contributed by atoms with Gasteiger partial charge in [0.25, 0.3) is 0 Å². The average Bonchev–Trinajstić information content (AvgIpc) is 3.04. The lowest BCUT2D eigenvalue weighted by atomic mass is 9.86. The molecule has 0 amide bonds. The summed E-state index contributed by atoms with van der Waals surface area (Å²) in [7, 11) is 4.42. The Balaban J connectivity index is 1.72. The highest BCUT2D eigenvalue weighted by Crippen LogP contribution is 2.41. The highest BCUT2D eigenvalue weighted by Gasteiger charge is 2.43. The Labute approximate surface area is 94.9 Å². The predicted octanol–water partition coefficient (Wildman–Crippen LogP) is 0.646. The fraction of sp³-hybridized carbons (Fsp3) is 1.00. The van der Waals surface area contributed by atoms with Crippen molar-refractivity contribution in [1.29, 1.82) is 0 Å². The van der Waals surface area contributed by atoms with E-state index in [0.717, 1.165) is 22.6 Å². The zero-order chi connectivity index (χ0) is 10.9. The maximum absolute atomic E-state index is 5.54. The van der Waals surface area contributed by atoms with Gasteiger partial charge in [-0.15, -0.1) is 0 Å². The van der Waals surface area contributed by atoms with E-state index < -0.39 is 0 Å². The first kappa shape index (κ1) is 11.6. The van der Waals surface area contributed by atoms with E-state index in [4.69, 9.17) is 14.2 Å². The lowest BCUT2D eigenvalue weighted by molar-refractivity contribution is -0.148. The standard InChI is InChI=1S/C11H22O3Si/c1-12-11(15,13-2)6-5-8-3-4-9-10(7-8)14-9/h8-10H,3-7H2,1-2,15H3. The van der Waals surface area contributed by atoms with E-state index in [1.165, 1.54) is 25.7 Å². The molecule has 3 atom stereocenters. The second kappa shape index (κ2) is 4.53. The van der Waals surface area contributed by atoms with E-state index in [1.807, 2.05) is 0 Å². The van der Waals surface area contributed by atoms with Crippen molar-refractivity contribution in [1.82, 2.24) is 0 Å². The Morgan fingerprint density at radius 1 is 1.27 bits per heavy atom. The van der Waals surface area contributed by atoms with Crippen LogP contribution in [0.5, 0.6) is 0 Å². The Hall–Kier alpha value is 0.0969. The number of fused-ring (bicyclic) bond motifs is 1. The fourth-order valence-electron chi connectivity index (χ4n) is 2.50. The number of ether oxygens (including phenoxy) is 3. The smallest absolute Gasteiger partial charge is 0.140 e. The van der Waals surface area contributed by atoms with Gasteiger partial charge < -0.3 is 14.2 Å². The van der Waals surface area contributed by atoms with E-state index in [1.54, 1.807) is 14.2 Å².